The Morgan fingerprint density at radius 3 is 2.18 bits per heavy atom. The van der Waals surface area contributed by atoms with Crippen molar-refractivity contribution in [2.24, 2.45) is 0 Å². The summed E-state index contributed by atoms with van der Waals surface area (Å²) >= 11 is 0. The molecule has 0 atom stereocenters. The smallest absolute Gasteiger partial charge is 0.389 e. The molecule has 0 unspecified atom stereocenters. The number of hydrogen-bond acceptors (Lipinski definition) is 2. The highest BCUT2D eigenvalue weighted by atomic mass is 19.4. The third kappa shape index (κ3) is 5.38. The van der Waals surface area contributed by atoms with E-state index in [1.807, 2.05) is 0 Å². The molecule has 0 amide bonds. The van der Waals surface area contributed by atoms with Crippen LogP contribution >= 0.6 is 0 Å². The maximum Gasteiger partial charge on any atom is 0.389 e. The fraction of sp³-hybridized carbons (Fsp3) is 0.600. The van der Waals surface area contributed by atoms with Gasteiger partial charge < -0.3 is 5.11 Å². The molecule has 0 aromatic heterocycles. The summed E-state index contributed by atoms with van der Waals surface area (Å²) in [4.78, 5) is 9.82. The van der Waals surface area contributed by atoms with E-state index < -0.39 is 30.7 Å². The molecule has 11 heavy (non-hydrogen) atoms. The summed E-state index contributed by atoms with van der Waals surface area (Å²) in [5, 5.41) is 14.5. The third-order valence-corrected chi connectivity index (χ3v) is 0.917. The number of alkyl halides is 3. The number of carboxylic acids is 1. The monoisotopic (exact) mass is 169 g/mol. The Labute approximate surface area is 60.3 Å². The summed E-state index contributed by atoms with van der Waals surface area (Å²) in [7, 11) is 0. The van der Waals surface area contributed by atoms with E-state index in [4.69, 9.17) is 10.5 Å². The normalized spacial score (nSPS) is 11.2. The second-order valence-electron chi connectivity index (χ2n) is 1.90. The lowest BCUT2D eigenvalue weighted by Gasteiger charge is -2.03. The van der Waals surface area contributed by atoms with Gasteiger partial charge in [-0.25, -0.2) is 4.79 Å². The molecular formula is C5H6F3NO2. The zero-order chi connectivity index (χ0) is 9.07. The lowest BCUT2D eigenvalue weighted by Crippen LogP contribution is -2.16. The minimum atomic E-state index is -4.39. The van der Waals surface area contributed by atoms with Crippen LogP contribution in [0.15, 0.2) is 0 Å². The van der Waals surface area contributed by atoms with Crippen molar-refractivity contribution in [2.75, 3.05) is 0 Å². The number of rotatable bonds is 3. The maximum atomic E-state index is 11.4. The fourth-order valence-corrected chi connectivity index (χ4v) is 0.374. The van der Waals surface area contributed by atoms with Crippen molar-refractivity contribution in [2.45, 2.75) is 19.0 Å². The predicted octanol–water partition coefficient (Wildman–Crippen LogP) is 1.43. The van der Waals surface area contributed by atoms with Crippen LogP contribution in [0.1, 0.15) is 12.8 Å². The Kier molecular flexibility index (Phi) is 3.03. The first kappa shape index (κ1) is 9.93. The molecule has 0 saturated heterocycles. The Morgan fingerprint density at radius 2 is 1.91 bits per heavy atom. The zero-order valence-electron chi connectivity index (χ0n) is 5.40. The Bertz CT molecular complexity index is 175. The molecule has 0 bridgehead atoms. The molecule has 0 rings (SSSR count). The Hall–Kier alpha value is -1.07. The van der Waals surface area contributed by atoms with Gasteiger partial charge in [-0.05, 0) is 0 Å². The molecule has 0 aromatic rings. The van der Waals surface area contributed by atoms with E-state index in [0.29, 0.717) is 0 Å². The van der Waals surface area contributed by atoms with Gasteiger partial charge in [0.2, 0.25) is 0 Å². The van der Waals surface area contributed by atoms with E-state index in [1.165, 1.54) is 0 Å². The average Bonchev–Trinajstić information content (AvgIpc) is 1.80. The first-order valence-electron chi connectivity index (χ1n) is 2.70. The van der Waals surface area contributed by atoms with Gasteiger partial charge in [-0.1, -0.05) is 0 Å². The first-order valence-corrected chi connectivity index (χ1v) is 2.70. The molecule has 0 aliphatic rings. The lowest BCUT2D eigenvalue weighted by atomic mass is 10.2. The molecule has 0 heterocycles. The van der Waals surface area contributed by atoms with Crippen LogP contribution in [0.5, 0.6) is 0 Å². The van der Waals surface area contributed by atoms with E-state index in [-0.39, 0.29) is 0 Å². The van der Waals surface area contributed by atoms with Gasteiger partial charge in [0.1, 0.15) is 5.71 Å². The molecule has 0 aliphatic carbocycles. The molecule has 0 fully saturated rings. The summed E-state index contributed by atoms with van der Waals surface area (Å²) in [5.41, 5.74) is -0.915. The number of carbonyl (C=O) groups is 1. The summed E-state index contributed by atoms with van der Waals surface area (Å²) < 4.78 is 34.2. The van der Waals surface area contributed by atoms with E-state index in [1.54, 1.807) is 0 Å². The van der Waals surface area contributed by atoms with E-state index in [9.17, 15) is 18.0 Å². The molecule has 0 radical (unpaired) electrons. The van der Waals surface area contributed by atoms with Crippen LogP contribution in [-0.4, -0.2) is 23.0 Å². The van der Waals surface area contributed by atoms with Crippen molar-refractivity contribution in [3.8, 4) is 0 Å². The highest BCUT2D eigenvalue weighted by Crippen LogP contribution is 2.21. The van der Waals surface area contributed by atoms with E-state index in [2.05, 4.69) is 0 Å². The molecule has 0 aromatic carbocycles. The minimum Gasteiger partial charge on any atom is -0.477 e. The van der Waals surface area contributed by atoms with Gasteiger partial charge in [0.05, 0.1) is 0 Å². The van der Waals surface area contributed by atoms with Gasteiger partial charge >= 0.3 is 12.1 Å². The topological polar surface area (TPSA) is 61.2 Å². The summed E-state index contributed by atoms with van der Waals surface area (Å²) in [6, 6.07) is 0. The largest absolute Gasteiger partial charge is 0.477 e. The zero-order valence-corrected chi connectivity index (χ0v) is 5.40. The minimum absolute atomic E-state index is 0.765. The second-order valence-corrected chi connectivity index (χ2v) is 1.90. The van der Waals surface area contributed by atoms with E-state index in [0.717, 1.165) is 0 Å². The van der Waals surface area contributed by atoms with Crippen molar-refractivity contribution < 1.29 is 23.1 Å². The van der Waals surface area contributed by atoms with Gasteiger partial charge in [-0.3, -0.25) is 5.41 Å². The predicted molar refractivity (Wildman–Crippen MR) is 30.7 cm³/mol. The summed E-state index contributed by atoms with van der Waals surface area (Å²) in [5.74, 6) is -1.60. The van der Waals surface area contributed by atoms with Gasteiger partial charge in [-0.2, -0.15) is 13.2 Å². The van der Waals surface area contributed by atoms with Crippen LogP contribution in [0, 0.1) is 5.41 Å². The van der Waals surface area contributed by atoms with Crippen molar-refractivity contribution in [1.82, 2.24) is 0 Å². The van der Waals surface area contributed by atoms with Crippen LogP contribution in [0.25, 0.3) is 0 Å². The van der Waals surface area contributed by atoms with Crippen molar-refractivity contribution >= 4 is 11.7 Å². The standard InChI is InChI=1S/C5H6F3NO2/c6-5(7,8)2-1-3(9)4(10)11/h9H,1-2H2,(H,10,11). The van der Waals surface area contributed by atoms with Crippen LogP contribution in [0.2, 0.25) is 0 Å². The van der Waals surface area contributed by atoms with Crippen molar-refractivity contribution in [1.29, 1.82) is 5.41 Å². The van der Waals surface area contributed by atoms with Crippen LogP contribution in [0.3, 0.4) is 0 Å². The average molecular weight is 169 g/mol. The van der Waals surface area contributed by atoms with Gasteiger partial charge in [0.25, 0.3) is 0 Å². The highest BCUT2D eigenvalue weighted by Gasteiger charge is 2.28. The molecule has 3 nitrogen and oxygen atoms in total. The molecule has 6 heteroatoms. The Morgan fingerprint density at radius 1 is 1.45 bits per heavy atom. The number of nitrogens with one attached hydrogen (secondary N) is 1. The fourth-order valence-electron chi connectivity index (χ4n) is 0.374. The number of carboxylic acid groups (broad SMARTS) is 1. The summed E-state index contributed by atoms with van der Waals surface area (Å²) in [6.07, 6.45) is -6.40. The third-order valence-electron chi connectivity index (χ3n) is 0.917. The second kappa shape index (κ2) is 3.36. The molecule has 0 spiro atoms. The van der Waals surface area contributed by atoms with Gasteiger partial charge in [0, 0.05) is 12.8 Å². The van der Waals surface area contributed by atoms with Crippen LogP contribution < -0.4 is 0 Å². The molecule has 2 N–H and O–H groups in total. The molecule has 0 aliphatic heterocycles. The molecule has 64 valence electrons. The van der Waals surface area contributed by atoms with Gasteiger partial charge in [-0.15, -0.1) is 0 Å². The number of halogens is 3. The van der Waals surface area contributed by atoms with Crippen LogP contribution in [-0.2, 0) is 4.79 Å². The maximum absolute atomic E-state index is 11.4. The molecular weight excluding hydrogens is 163 g/mol. The van der Waals surface area contributed by atoms with E-state index >= 15 is 0 Å². The lowest BCUT2D eigenvalue weighted by molar-refractivity contribution is -0.134. The first-order chi connectivity index (χ1) is 4.83. The van der Waals surface area contributed by atoms with Gasteiger partial charge in [0.15, 0.2) is 0 Å². The SMILES string of the molecule is N=C(CCC(F)(F)F)C(=O)O. The van der Waals surface area contributed by atoms with Crippen LogP contribution in [0.4, 0.5) is 13.2 Å². The Balaban J connectivity index is 3.73. The number of aliphatic carboxylic acids is 1. The van der Waals surface area contributed by atoms with Crippen molar-refractivity contribution in [3.63, 3.8) is 0 Å². The molecule has 0 saturated carbocycles. The van der Waals surface area contributed by atoms with Crippen molar-refractivity contribution in [3.05, 3.63) is 0 Å². The number of hydrogen-bond donors (Lipinski definition) is 2. The highest BCUT2D eigenvalue weighted by molar-refractivity contribution is 6.34. The summed E-state index contributed by atoms with van der Waals surface area (Å²) in [6.45, 7) is 0. The quantitative estimate of drug-likeness (QED) is 0.628.